The van der Waals surface area contributed by atoms with Crippen LogP contribution in [-0.4, -0.2) is 57.0 Å². The van der Waals surface area contributed by atoms with Crippen molar-refractivity contribution in [3.8, 4) is 11.5 Å². The Morgan fingerprint density at radius 1 is 0.929 bits per heavy atom. The first kappa shape index (κ1) is 21.5. The van der Waals surface area contributed by atoms with Gasteiger partial charge in [-0.25, -0.2) is 0 Å². The van der Waals surface area contributed by atoms with Gasteiger partial charge in [0.2, 0.25) is 0 Å². The molecule has 9 heteroatoms. The second kappa shape index (κ2) is 9.41. The lowest BCUT2D eigenvalue weighted by Crippen LogP contribution is -2.40. The van der Waals surface area contributed by atoms with Gasteiger partial charge in [0.05, 0.1) is 14.2 Å². The summed E-state index contributed by atoms with van der Waals surface area (Å²) in [5, 5.41) is 0. The predicted octanol–water partition coefficient (Wildman–Crippen LogP) is 1.57. The summed E-state index contributed by atoms with van der Waals surface area (Å²) in [6, 6.07) is 5.07. The zero-order valence-electron chi connectivity index (χ0n) is 16.4. The Labute approximate surface area is 162 Å². The maximum absolute atomic E-state index is 11.7. The molecule has 0 saturated carbocycles. The van der Waals surface area contributed by atoms with E-state index in [9.17, 15) is 14.4 Å². The Kier molecular flexibility index (Phi) is 7.22. The van der Waals surface area contributed by atoms with Gasteiger partial charge < -0.3 is 28.4 Å². The molecule has 1 fully saturated rings. The fourth-order valence-corrected chi connectivity index (χ4v) is 3.03. The molecule has 0 aromatic heterocycles. The van der Waals surface area contributed by atoms with E-state index in [0.717, 1.165) is 0 Å². The van der Waals surface area contributed by atoms with Crippen LogP contribution in [0.25, 0.3) is 0 Å². The third kappa shape index (κ3) is 5.13. The molecule has 1 aromatic rings. The molecule has 2 rings (SSSR count). The van der Waals surface area contributed by atoms with E-state index in [0.29, 0.717) is 17.1 Å². The number of carbonyl (C=O) groups is 3. The fraction of sp³-hybridized carbons (Fsp3) is 0.526. The number of hydrogen-bond acceptors (Lipinski definition) is 9. The van der Waals surface area contributed by atoms with Crippen LogP contribution in [0.3, 0.4) is 0 Å². The summed E-state index contributed by atoms with van der Waals surface area (Å²) in [7, 11) is 3.00. The first-order valence-corrected chi connectivity index (χ1v) is 8.62. The average molecular weight is 396 g/mol. The van der Waals surface area contributed by atoms with Crippen molar-refractivity contribution < 1.29 is 42.8 Å². The minimum Gasteiger partial charge on any atom is -0.497 e. The molecule has 4 atom stereocenters. The molecule has 1 saturated heterocycles. The standard InChI is InChI=1S/C19H24O9/c1-10(20)25-9-16-18(26-11(2)21)19(27-12(3)22)17(28-16)14-8-13(23-4)6-7-15(14)24-5/h6-8,16-19H,9H2,1-5H3/t16-,17+,18-,19+/m1/s1. The van der Waals surface area contributed by atoms with Crippen LogP contribution in [0.5, 0.6) is 11.5 Å². The SMILES string of the molecule is COc1ccc(OC)c([C@@H]2O[C@H](COC(C)=O)[C@@H](OC(C)=O)[C@H]2OC(C)=O)c1. The van der Waals surface area contributed by atoms with Gasteiger partial charge in [0.15, 0.2) is 12.2 Å². The molecule has 0 unspecified atom stereocenters. The predicted molar refractivity (Wildman–Crippen MR) is 94.9 cm³/mol. The topological polar surface area (TPSA) is 107 Å². The summed E-state index contributed by atoms with van der Waals surface area (Å²) in [5.74, 6) is -0.676. The van der Waals surface area contributed by atoms with E-state index in [1.807, 2.05) is 0 Å². The van der Waals surface area contributed by atoms with Crippen LogP contribution in [0.15, 0.2) is 18.2 Å². The van der Waals surface area contributed by atoms with E-state index < -0.39 is 42.3 Å². The molecule has 9 nitrogen and oxygen atoms in total. The molecule has 0 spiro atoms. The van der Waals surface area contributed by atoms with Gasteiger partial charge in [-0.2, -0.15) is 0 Å². The van der Waals surface area contributed by atoms with Gasteiger partial charge in [-0.3, -0.25) is 14.4 Å². The lowest BCUT2D eigenvalue weighted by molar-refractivity contribution is -0.165. The highest BCUT2D eigenvalue weighted by atomic mass is 16.6. The molecule has 1 heterocycles. The Balaban J connectivity index is 2.46. The summed E-state index contributed by atoms with van der Waals surface area (Å²) in [6.45, 7) is 3.55. The van der Waals surface area contributed by atoms with Crippen molar-refractivity contribution in [1.82, 2.24) is 0 Å². The van der Waals surface area contributed by atoms with Crippen LogP contribution in [-0.2, 0) is 33.3 Å². The highest BCUT2D eigenvalue weighted by Gasteiger charge is 2.51. The summed E-state index contributed by atoms with van der Waals surface area (Å²) in [6.07, 6.45) is -3.61. The average Bonchev–Trinajstić information content (AvgIpc) is 2.95. The molecule has 1 aliphatic heterocycles. The molecule has 0 aliphatic carbocycles. The highest BCUT2D eigenvalue weighted by molar-refractivity contribution is 5.68. The van der Waals surface area contributed by atoms with E-state index >= 15 is 0 Å². The van der Waals surface area contributed by atoms with Gasteiger partial charge in [-0.05, 0) is 18.2 Å². The fourth-order valence-electron chi connectivity index (χ4n) is 3.03. The Bertz CT molecular complexity index is 730. The van der Waals surface area contributed by atoms with Crippen molar-refractivity contribution in [3.63, 3.8) is 0 Å². The summed E-state index contributed by atoms with van der Waals surface area (Å²) >= 11 is 0. The van der Waals surface area contributed by atoms with Crippen LogP contribution >= 0.6 is 0 Å². The quantitative estimate of drug-likeness (QED) is 0.501. The minimum atomic E-state index is -0.971. The van der Waals surface area contributed by atoms with Gasteiger partial charge in [0.25, 0.3) is 0 Å². The summed E-state index contributed by atoms with van der Waals surface area (Å²) < 4.78 is 32.4. The normalized spacial score (nSPS) is 23.6. The Morgan fingerprint density at radius 3 is 2.11 bits per heavy atom. The zero-order chi connectivity index (χ0) is 20.8. The van der Waals surface area contributed by atoms with Gasteiger partial charge in [-0.1, -0.05) is 0 Å². The van der Waals surface area contributed by atoms with Crippen LogP contribution in [0.2, 0.25) is 0 Å². The number of methoxy groups -OCH3 is 2. The molecule has 0 N–H and O–H groups in total. The van der Waals surface area contributed by atoms with Crippen molar-refractivity contribution in [2.24, 2.45) is 0 Å². The number of rotatable bonds is 7. The van der Waals surface area contributed by atoms with Gasteiger partial charge in [0.1, 0.15) is 30.3 Å². The zero-order valence-corrected chi connectivity index (χ0v) is 16.4. The molecule has 0 amide bonds. The van der Waals surface area contributed by atoms with Gasteiger partial charge >= 0.3 is 17.9 Å². The van der Waals surface area contributed by atoms with Crippen molar-refractivity contribution >= 4 is 17.9 Å². The van der Waals surface area contributed by atoms with E-state index in [-0.39, 0.29) is 6.61 Å². The smallest absolute Gasteiger partial charge is 0.303 e. The maximum Gasteiger partial charge on any atom is 0.303 e. The lowest BCUT2D eigenvalue weighted by atomic mass is 9.99. The van der Waals surface area contributed by atoms with E-state index in [4.69, 9.17) is 28.4 Å². The van der Waals surface area contributed by atoms with Gasteiger partial charge in [0, 0.05) is 26.3 Å². The van der Waals surface area contributed by atoms with Crippen molar-refractivity contribution in [2.45, 2.75) is 45.2 Å². The lowest BCUT2D eigenvalue weighted by Gasteiger charge is -2.24. The number of ether oxygens (including phenoxy) is 6. The number of carbonyl (C=O) groups excluding carboxylic acids is 3. The minimum absolute atomic E-state index is 0.173. The molecule has 1 aliphatic rings. The van der Waals surface area contributed by atoms with Crippen molar-refractivity contribution in [3.05, 3.63) is 23.8 Å². The number of esters is 3. The van der Waals surface area contributed by atoms with Crippen LogP contribution in [0, 0.1) is 0 Å². The summed E-state index contributed by atoms with van der Waals surface area (Å²) in [5.41, 5.74) is 0.538. The Hall–Kier alpha value is -2.81. The second-order valence-corrected chi connectivity index (χ2v) is 6.15. The largest absolute Gasteiger partial charge is 0.497 e. The number of hydrogen-bond donors (Lipinski definition) is 0. The maximum atomic E-state index is 11.7. The molecule has 0 bridgehead atoms. The van der Waals surface area contributed by atoms with Crippen LogP contribution < -0.4 is 9.47 Å². The van der Waals surface area contributed by atoms with Crippen molar-refractivity contribution in [1.29, 1.82) is 0 Å². The third-order valence-electron chi connectivity index (χ3n) is 4.11. The Morgan fingerprint density at radius 2 is 1.57 bits per heavy atom. The van der Waals surface area contributed by atoms with Crippen molar-refractivity contribution in [2.75, 3.05) is 20.8 Å². The number of benzene rings is 1. The molecular formula is C19H24O9. The van der Waals surface area contributed by atoms with Crippen LogP contribution in [0.4, 0.5) is 0 Å². The van der Waals surface area contributed by atoms with E-state index in [2.05, 4.69) is 0 Å². The summed E-state index contributed by atoms with van der Waals surface area (Å²) in [4.78, 5) is 34.5. The molecule has 0 radical (unpaired) electrons. The van der Waals surface area contributed by atoms with Gasteiger partial charge in [-0.15, -0.1) is 0 Å². The molecule has 28 heavy (non-hydrogen) atoms. The van der Waals surface area contributed by atoms with Crippen LogP contribution in [0.1, 0.15) is 32.4 Å². The molecular weight excluding hydrogens is 372 g/mol. The van der Waals surface area contributed by atoms with E-state index in [1.165, 1.54) is 35.0 Å². The molecule has 154 valence electrons. The van der Waals surface area contributed by atoms with E-state index in [1.54, 1.807) is 18.2 Å². The highest BCUT2D eigenvalue weighted by Crippen LogP contribution is 2.42. The first-order chi connectivity index (χ1) is 13.3. The monoisotopic (exact) mass is 396 g/mol. The second-order valence-electron chi connectivity index (χ2n) is 6.15. The third-order valence-corrected chi connectivity index (χ3v) is 4.11. The first-order valence-electron chi connectivity index (χ1n) is 8.62. The molecule has 1 aromatic carbocycles.